The van der Waals surface area contributed by atoms with Gasteiger partial charge in [0.1, 0.15) is 18.0 Å². The molecule has 1 heterocycles. The van der Waals surface area contributed by atoms with Crippen molar-refractivity contribution >= 4 is 34.1 Å². The van der Waals surface area contributed by atoms with E-state index in [0.29, 0.717) is 11.5 Å². The molecule has 82 valence electrons. The van der Waals surface area contributed by atoms with Crippen LogP contribution in [-0.2, 0) is 0 Å². The maximum atomic E-state index is 13.6. The number of rotatable bonds is 2. The van der Waals surface area contributed by atoms with Crippen molar-refractivity contribution in [3.05, 3.63) is 45.7 Å². The summed E-state index contributed by atoms with van der Waals surface area (Å²) < 4.78 is 14.4. The first-order valence-electron chi connectivity index (χ1n) is 4.66. The Kier molecular flexibility index (Phi) is 3.33. The standard InChI is InChI=1S/C11H9FIN3/c1-7-3-2-4-8(12)10(7)16-11-9(13)5-14-6-15-11/h2-6H,1H3,(H,14,15,16). The Morgan fingerprint density at radius 3 is 2.88 bits per heavy atom. The Morgan fingerprint density at radius 2 is 2.19 bits per heavy atom. The number of nitrogens with zero attached hydrogens (tertiary/aromatic N) is 2. The van der Waals surface area contributed by atoms with E-state index in [1.165, 1.54) is 12.4 Å². The summed E-state index contributed by atoms with van der Waals surface area (Å²) in [5.74, 6) is 0.332. The summed E-state index contributed by atoms with van der Waals surface area (Å²) in [5.41, 5.74) is 1.30. The Balaban J connectivity index is 2.38. The molecule has 0 unspecified atom stereocenters. The highest BCUT2D eigenvalue weighted by Gasteiger charge is 2.07. The second-order valence-electron chi connectivity index (χ2n) is 3.28. The van der Waals surface area contributed by atoms with Crippen molar-refractivity contribution in [3.63, 3.8) is 0 Å². The summed E-state index contributed by atoms with van der Waals surface area (Å²) in [6, 6.07) is 4.95. The van der Waals surface area contributed by atoms with Gasteiger partial charge in [0.05, 0.1) is 9.26 Å². The molecule has 3 nitrogen and oxygen atoms in total. The van der Waals surface area contributed by atoms with Crippen LogP contribution in [0.15, 0.2) is 30.7 Å². The van der Waals surface area contributed by atoms with Gasteiger partial charge in [-0.05, 0) is 41.1 Å². The third-order valence-electron chi connectivity index (χ3n) is 2.13. The summed E-state index contributed by atoms with van der Waals surface area (Å²) in [7, 11) is 0. The molecule has 0 spiro atoms. The van der Waals surface area contributed by atoms with Crippen molar-refractivity contribution in [2.75, 3.05) is 5.32 Å². The minimum absolute atomic E-state index is 0.283. The molecule has 1 aromatic heterocycles. The second kappa shape index (κ2) is 4.73. The fraction of sp³-hybridized carbons (Fsp3) is 0.0909. The molecular formula is C11H9FIN3. The molecule has 1 aromatic carbocycles. The molecule has 0 bridgehead atoms. The van der Waals surface area contributed by atoms with Gasteiger partial charge in [0.25, 0.3) is 0 Å². The number of hydrogen-bond acceptors (Lipinski definition) is 3. The van der Waals surface area contributed by atoms with Crippen LogP contribution in [0.2, 0.25) is 0 Å². The van der Waals surface area contributed by atoms with Gasteiger partial charge in [0.15, 0.2) is 0 Å². The molecule has 0 radical (unpaired) electrons. The monoisotopic (exact) mass is 329 g/mol. The van der Waals surface area contributed by atoms with E-state index in [-0.39, 0.29) is 5.82 Å². The van der Waals surface area contributed by atoms with E-state index in [9.17, 15) is 4.39 Å². The summed E-state index contributed by atoms with van der Waals surface area (Å²) in [6.45, 7) is 1.85. The van der Waals surface area contributed by atoms with E-state index in [0.717, 1.165) is 9.13 Å². The third-order valence-corrected chi connectivity index (χ3v) is 2.92. The summed E-state index contributed by atoms with van der Waals surface area (Å²) >= 11 is 2.10. The number of anilines is 2. The fourth-order valence-electron chi connectivity index (χ4n) is 1.31. The largest absolute Gasteiger partial charge is 0.337 e. The molecule has 5 heteroatoms. The highest BCUT2D eigenvalue weighted by atomic mass is 127. The van der Waals surface area contributed by atoms with Crippen LogP contribution in [0.5, 0.6) is 0 Å². The number of para-hydroxylation sites is 1. The lowest BCUT2D eigenvalue weighted by molar-refractivity contribution is 0.630. The summed E-state index contributed by atoms with van der Waals surface area (Å²) in [6.07, 6.45) is 3.10. The minimum Gasteiger partial charge on any atom is -0.337 e. The molecule has 16 heavy (non-hydrogen) atoms. The number of benzene rings is 1. The molecule has 2 aromatic rings. The second-order valence-corrected chi connectivity index (χ2v) is 4.44. The van der Waals surface area contributed by atoms with Gasteiger partial charge in [-0.3, -0.25) is 0 Å². The van der Waals surface area contributed by atoms with Crippen LogP contribution in [0.4, 0.5) is 15.9 Å². The predicted molar refractivity (Wildman–Crippen MR) is 69.2 cm³/mol. The molecule has 0 atom stereocenters. The molecule has 0 saturated carbocycles. The number of aromatic nitrogens is 2. The van der Waals surface area contributed by atoms with Crippen LogP contribution < -0.4 is 5.32 Å². The summed E-state index contributed by atoms with van der Waals surface area (Å²) in [5, 5.41) is 2.98. The maximum Gasteiger partial charge on any atom is 0.147 e. The van der Waals surface area contributed by atoms with Crippen molar-refractivity contribution in [1.82, 2.24) is 9.97 Å². The van der Waals surface area contributed by atoms with E-state index in [2.05, 4.69) is 37.9 Å². The van der Waals surface area contributed by atoms with Crippen molar-refractivity contribution < 1.29 is 4.39 Å². The Labute approximate surface area is 106 Å². The highest BCUT2D eigenvalue weighted by Crippen LogP contribution is 2.24. The van der Waals surface area contributed by atoms with Crippen molar-refractivity contribution in [2.45, 2.75) is 6.92 Å². The van der Waals surface area contributed by atoms with Crippen molar-refractivity contribution in [3.8, 4) is 0 Å². The number of aryl methyl sites for hydroxylation is 1. The molecule has 0 amide bonds. The van der Waals surface area contributed by atoms with Crippen LogP contribution in [0.25, 0.3) is 0 Å². The average molecular weight is 329 g/mol. The third kappa shape index (κ3) is 2.29. The molecule has 0 saturated heterocycles. The van der Waals surface area contributed by atoms with Gasteiger partial charge < -0.3 is 5.32 Å². The smallest absolute Gasteiger partial charge is 0.147 e. The van der Waals surface area contributed by atoms with E-state index in [1.807, 2.05) is 13.0 Å². The molecule has 0 aliphatic heterocycles. The number of nitrogens with one attached hydrogen (secondary N) is 1. The predicted octanol–water partition coefficient (Wildman–Crippen LogP) is 3.27. The fourth-order valence-corrected chi connectivity index (χ4v) is 1.75. The average Bonchev–Trinajstić information content (AvgIpc) is 2.26. The van der Waals surface area contributed by atoms with Gasteiger partial charge >= 0.3 is 0 Å². The van der Waals surface area contributed by atoms with E-state index in [1.54, 1.807) is 12.3 Å². The van der Waals surface area contributed by atoms with Gasteiger partial charge in [-0.2, -0.15) is 0 Å². The van der Waals surface area contributed by atoms with Gasteiger partial charge in [0, 0.05) is 6.20 Å². The first-order valence-corrected chi connectivity index (χ1v) is 5.74. The normalized spacial score (nSPS) is 10.2. The first kappa shape index (κ1) is 11.3. The zero-order valence-corrected chi connectivity index (χ0v) is 10.7. The Hall–Kier alpha value is -1.24. The van der Waals surface area contributed by atoms with Crippen LogP contribution >= 0.6 is 22.6 Å². The quantitative estimate of drug-likeness (QED) is 0.860. The van der Waals surface area contributed by atoms with Crippen molar-refractivity contribution in [1.29, 1.82) is 0 Å². The summed E-state index contributed by atoms with van der Waals surface area (Å²) in [4.78, 5) is 7.94. The van der Waals surface area contributed by atoms with Crippen LogP contribution in [0.1, 0.15) is 5.56 Å². The molecule has 0 aliphatic carbocycles. The SMILES string of the molecule is Cc1cccc(F)c1Nc1ncncc1I. The number of hydrogen-bond donors (Lipinski definition) is 1. The lowest BCUT2D eigenvalue weighted by Gasteiger charge is -2.10. The highest BCUT2D eigenvalue weighted by molar-refractivity contribution is 14.1. The lowest BCUT2D eigenvalue weighted by atomic mass is 10.2. The van der Waals surface area contributed by atoms with E-state index in [4.69, 9.17) is 0 Å². The van der Waals surface area contributed by atoms with Crippen molar-refractivity contribution in [2.24, 2.45) is 0 Å². The Bertz CT molecular complexity index is 496. The van der Waals surface area contributed by atoms with Gasteiger partial charge in [0.2, 0.25) is 0 Å². The maximum absolute atomic E-state index is 13.6. The van der Waals surface area contributed by atoms with Crippen LogP contribution in [-0.4, -0.2) is 9.97 Å². The van der Waals surface area contributed by atoms with Gasteiger partial charge in [-0.15, -0.1) is 0 Å². The zero-order chi connectivity index (χ0) is 11.5. The zero-order valence-electron chi connectivity index (χ0n) is 8.54. The Morgan fingerprint density at radius 1 is 1.38 bits per heavy atom. The molecule has 0 fully saturated rings. The first-order chi connectivity index (χ1) is 7.68. The molecule has 2 rings (SSSR count). The number of halogens is 2. The topological polar surface area (TPSA) is 37.8 Å². The molecule has 1 N–H and O–H groups in total. The van der Waals surface area contributed by atoms with E-state index >= 15 is 0 Å². The lowest BCUT2D eigenvalue weighted by Crippen LogP contribution is -2.00. The van der Waals surface area contributed by atoms with Gasteiger partial charge in [-0.1, -0.05) is 12.1 Å². The molecular weight excluding hydrogens is 320 g/mol. The van der Waals surface area contributed by atoms with Crippen LogP contribution in [0, 0.1) is 16.3 Å². The van der Waals surface area contributed by atoms with Gasteiger partial charge in [-0.25, -0.2) is 14.4 Å². The minimum atomic E-state index is -0.283. The van der Waals surface area contributed by atoms with E-state index < -0.39 is 0 Å². The molecule has 0 aliphatic rings. The van der Waals surface area contributed by atoms with Crippen LogP contribution in [0.3, 0.4) is 0 Å².